The number of rotatable bonds is 3. The molecule has 4 nitrogen and oxygen atoms in total. The molecular weight excluding hydrogens is 264 g/mol. The summed E-state index contributed by atoms with van der Waals surface area (Å²) < 4.78 is 5.63. The highest BCUT2D eigenvalue weighted by atomic mass is 35.5. The molecule has 1 saturated carbocycles. The number of hydrogen-bond acceptors (Lipinski definition) is 3. The van der Waals surface area contributed by atoms with Crippen molar-refractivity contribution in [2.24, 2.45) is 5.73 Å². The molecule has 1 amide bonds. The summed E-state index contributed by atoms with van der Waals surface area (Å²) in [5.74, 6) is 0.770. The van der Waals surface area contributed by atoms with Gasteiger partial charge in [-0.1, -0.05) is 18.2 Å². The van der Waals surface area contributed by atoms with Crippen molar-refractivity contribution in [3.8, 4) is 5.75 Å². The average Bonchev–Trinajstić information content (AvgIpc) is 2.77. The minimum absolute atomic E-state index is 0. The molecule has 1 aliphatic heterocycles. The van der Waals surface area contributed by atoms with Crippen LogP contribution in [0.1, 0.15) is 24.8 Å². The fourth-order valence-corrected chi connectivity index (χ4v) is 2.51. The van der Waals surface area contributed by atoms with Gasteiger partial charge < -0.3 is 15.8 Å². The third-order valence-corrected chi connectivity index (χ3v) is 3.90. The zero-order valence-electron chi connectivity index (χ0n) is 10.7. The monoisotopic (exact) mass is 282 g/mol. The van der Waals surface area contributed by atoms with Crippen LogP contribution in [0, 0.1) is 0 Å². The highest BCUT2D eigenvalue weighted by molar-refractivity contribution is 5.85. The van der Waals surface area contributed by atoms with Gasteiger partial charge in [-0.15, -0.1) is 12.4 Å². The van der Waals surface area contributed by atoms with Crippen molar-refractivity contribution < 1.29 is 9.53 Å². The number of carbonyl (C=O) groups excluding carboxylic acids is 1. The summed E-state index contributed by atoms with van der Waals surface area (Å²) in [6, 6.07) is 7.78. The second kappa shape index (κ2) is 5.39. The first-order valence-electron chi connectivity index (χ1n) is 6.47. The Hall–Kier alpha value is -1.26. The van der Waals surface area contributed by atoms with Gasteiger partial charge in [0.15, 0.2) is 6.10 Å². The molecule has 3 N–H and O–H groups in total. The van der Waals surface area contributed by atoms with Crippen LogP contribution < -0.4 is 15.8 Å². The van der Waals surface area contributed by atoms with Crippen LogP contribution >= 0.6 is 12.4 Å². The molecule has 0 spiro atoms. The summed E-state index contributed by atoms with van der Waals surface area (Å²) in [6.07, 6.45) is 3.42. The maximum absolute atomic E-state index is 12.0. The lowest BCUT2D eigenvalue weighted by Crippen LogP contribution is -2.56. The van der Waals surface area contributed by atoms with E-state index in [1.165, 1.54) is 0 Å². The van der Waals surface area contributed by atoms with Crippen LogP contribution in [-0.4, -0.2) is 24.1 Å². The minimum Gasteiger partial charge on any atom is -0.480 e. The molecule has 0 radical (unpaired) electrons. The van der Waals surface area contributed by atoms with E-state index >= 15 is 0 Å². The second-order valence-corrected chi connectivity index (χ2v) is 5.35. The maximum Gasteiger partial charge on any atom is 0.261 e. The molecule has 2 aliphatic rings. The van der Waals surface area contributed by atoms with E-state index in [1.54, 1.807) is 0 Å². The zero-order valence-corrected chi connectivity index (χ0v) is 11.5. The van der Waals surface area contributed by atoms with Crippen LogP contribution in [0.3, 0.4) is 0 Å². The molecule has 1 heterocycles. The summed E-state index contributed by atoms with van der Waals surface area (Å²) >= 11 is 0. The van der Waals surface area contributed by atoms with Crippen LogP contribution in [0.5, 0.6) is 5.75 Å². The van der Waals surface area contributed by atoms with Crippen LogP contribution in [0.2, 0.25) is 0 Å². The van der Waals surface area contributed by atoms with Gasteiger partial charge in [-0.25, -0.2) is 0 Å². The quantitative estimate of drug-likeness (QED) is 0.881. The summed E-state index contributed by atoms with van der Waals surface area (Å²) in [7, 11) is 0. The van der Waals surface area contributed by atoms with E-state index in [-0.39, 0.29) is 23.9 Å². The molecule has 1 fully saturated rings. The van der Waals surface area contributed by atoms with Crippen molar-refractivity contribution in [1.82, 2.24) is 5.32 Å². The van der Waals surface area contributed by atoms with Gasteiger partial charge in [0.1, 0.15) is 5.75 Å². The molecule has 3 rings (SSSR count). The summed E-state index contributed by atoms with van der Waals surface area (Å²) in [6.45, 7) is 0.558. The molecule has 0 saturated heterocycles. The van der Waals surface area contributed by atoms with Gasteiger partial charge in [0, 0.05) is 18.5 Å². The number of nitrogens with one attached hydrogen (secondary N) is 1. The van der Waals surface area contributed by atoms with Crippen molar-refractivity contribution in [3.63, 3.8) is 0 Å². The topological polar surface area (TPSA) is 64.3 Å². The van der Waals surface area contributed by atoms with Crippen LogP contribution in [-0.2, 0) is 11.2 Å². The molecule has 104 valence electrons. The Labute approximate surface area is 119 Å². The Balaban J connectivity index is 0.00000133. The SMILES string of the molecule is Cl.NC1(CNC(=O)C2Cc3ccccc3O2)CCC1. The summed E-state index contributed by atoms with van der Waals surface area (Å²) in [4.78, 5) is 12.0. The third kappa shape index (κ3) is 2.85. The number of hydrogen-bond donors (Lipinski definition) is 2. The van der Waals surface area contributed by atoms with Crippen LogP contribution in [0.25, 0.3) is 0 Å². The minimum atomic E-state index is -0.397. The zero-order chi connectivity index (χ0) is 12.6. The van der Waals surface area contributed by atoms with Crippen molar-refractivity contribution in [3.05, 3.63) is 29.8 Å². The number of para-hydroxylation sites is 1. The Morgan fingerprint density at radius 1 is 1.42 bits per heavy atom. The highest BCUT2D eigenvalue weighted by Crippen LogP contribution is 2.29. The maximum atomic E-state index is 12.0. The number of carbonyl (C=O) groups is 1. The van der Waals surface area contributed by atoms with Gasteiger partial charge in [-0.3, -0.25) is 4.79 Å². The van der Waals surface area contributed by atoms with Gasteiger partial charge in [-0.2, -0.15) is 0 Å². The number of nitrogens with two attached hydrogens (primary N) is 1. The fourth-order valence-electron chi connectivity index (χ4n) is 2.51. The van der Waals surface area contributed by atoms with E-state index in [9.17, 15) is 4.79 Å². The lowest BCUT2D eigenvalue weighted by molar-refractivity contribution is -0.127. The fraction of sp³-hybridized carbons (Fsp3) is 0.500. The van der Waals surface area contributed by atoms with Crippen molar-refractivity contribution in [2.45, 2.75) is 37.3 Å². The normalized spacial score (nSPS) is 22.5. The third-order valence-electron chi connectivity index (χ3n) is 3.90. The molecule has 19 heavy (non-hydrogen) atoms. The highest BCUT2D eigenvalue weighted by Gasteiger charge is 2.35. The van der Waals surface area contributed by atoms with Crippen molar-refractivity contribution >= 4 is 18.3 Å². The van der Waals surface area contributed by atoms with E-state index in [0.717, 1.165) is 30.6 Å². The molecule has 1 atom stereocenters. The number of fused-ring (bicyclic) bond motifs is 1. The van der Waals surface area contributed by atoms with E-state index in [1.807, 2.05) is 24.3 Å². The second-order valence-electron chi connectivity index (χ2n) is 5.35. The van der Waals surface area contributed by atoms with E-state index in [2.05, 4.69) is 5.32 Å². The van der Waals surface area contributed by atoms with Crippen LogP contribution in [0.15, 0.2) is 24.3 Å². The molecule has 0 aromatic heterocycles. The number of amides is 1. The number of halogens is 1. The Morgan fingerprint density at radius 2 is 2.16 bits per heavy atom. The number of benzene rings is 1. The first kappa shape index (κ1) is 14.2. The lowest BCUT2D eigenvalue weighted by atomic mass is 9.78. The molecule has 5 heteroatoms. The molecular formula is C14H19ClN2O2. The van der Waals surface area contributed by atoms with Crippen LogP contribution in [0.4, 0.5) is 0 Å². The van der Waals surface area contributed by atoms with Gasteiger partial charge in [0.25, 0.3) is 5.91 Å². The predicted octanol–water partition coefficient (Wildman–Crippen LogP) is 1.41. The smallest absolute Gasteiger partial charge is 0.261 e. The van der Waals surface area contributed by atoms with Crippen molar-refractivity contribution in [1.29, 1.82) is 0 Å². The molecule has 1 unspecified atom stereocenters. The predicted molar refractivity (Wildman–Crippen MR) is 75.6 cm³/mol. The van der Waals surface area contributed by atoms with E-state index in [4.69, 9.17) is 10.5 Å². The average molecular weight is 283 g/mol. The van der Waals surface area contributed by atoms with E-state index in [0.29, 0.717) is 13.0 Å². The Morgan fingerprint density at radius 3 is 2.79 bits per heavy atom. The lowest BCUT2D eigenvalue weighted by Gasteiger charge is -2.38. The summed E-state index contributed by atoms with van der Waals surface area (Å²) in [5.41, 5.74) is 7.00. The van der Waals surface area contributed by atoms with Gasteiger partial charge in [0.2, 0.25) is 0 Å². The standard InChI is InChI=1S/C14H18N2O2.ClH/c15-14(6-3-7-14)9-16-13(17)12-8-10-4-1-2-5-11(10)18-12;/h1-2,4-5,12H,3,6-9,15H2,(H,16,17);1H. The molecule has 0 bridgehead atoms. The van der Waals surface area contributed by atoms with Gasteiger partial charge >= 0.3 is 0 Å². The van der Waals surface area contributed by atoms with Gasteiger partial charge in [-0.05, 0) is 30.9 Å². The van der Waals surface area contributed by atoms with E-state index < -0.39 is 6.10 Å². The Kier molecular flexibility index (Phi) is 4.02. The van der Waals surface area contributed by atoms with Crippen molar-refractivity contribution in [2.75, 3.05) is 6.54 Å². The first-order chi connectivity index (χ1) is 8.66. The largest absolute Gasteiger partial charge is 0.480 e. The summed E-state index contributed by atoms with van der Waals surface area (Å²) in [5, 5.41) is 2.91. The first-order valence-corrected chi connectivity index (χ1v) is 6.47. The number of ether oxygens (including phenoxy) is 1. The Bertz CT molecular complexity index is 449. The molecule has 1 aromatic carbocycles. The molecule has 1 aliphatic carbocycles. The molecule has 1 aromatic rings. The van der Waals surface area contributed by atoms with Gasteiger partial charge in [0.05, 0.1) is 0 Å².